The number of amides is 3. The Morgan fingerprint density at radius 1 is 1.15 bits per heavy atom. The van der Waals surface area contributed by atoms with Crippen molar-refractivity contribution in [2.75, 3.05) is 6.54 Å². The Balaban J connectivity index is 0.00000261. The van der Waals surface area contributed by atoms with Gasteiger partial charge >= 0.3 is 0 Å². The maximum Gasteiger partial charge on any atom is 0.251 e. The molecule has 2 atom stereocenters. The Morgan fingerprint density at radius 3 is 2.37 bits per heavy atom. The number of benzene rings is 1. The van der Waals surface area contributed by atoms with E-state index < -0.39 is 0 Å². The topological polar surface area (TPSA) is 101 Å². The number of hydrogen-bond acceptors (Lipinski definition) is 4. The lowest BCUT2D eigenvalue weighted by Crippen LogP contribution is -2.45. The smallest absolute Gasteiger partial charge is 0.251 e. The zero-order valence-corrected chi connectivity index (χ0v) is 16.2. The lowest BCUT2D eigenvalue weighted by molar-refractivity contribution is -0.125. The Labute approximate surface area is 166 Å². The highest BCUT2D eigenvalue weighted by Gasteiger charge is 2.30. The monoisotopic (exact) mass is 393 g/mol. The molecule has 1 saturated carbocycles. The lowest BCUT2D eigenvalue weighted by Gasteiger charge is -2.30. The number of carbonyl (C=O) groups excluding carboxylic acids is 3. The van der Waals surface area contributed by atoms with Crippen LogP contribution in [0.5, 0.6) is 0 Å². The molecule has 27 heavy (non-hydrogen) atoms. The number of hydrogen-bond donors (Lipinski definition) is 3. The van der Waals surface area contributed by atoms with Gasteiger partial charge in [0.15, 0.2) is 0 Å². The minimum Gasteiger partial charge on any atom is -0.348 e. The molecule has 2 aliphatic rings. The van der Waals surface area contributed by atoms with Gasteiger partial charge in [0, 0.05) is 24.6 Å². The predicted molar refractivity (Wildman–Crippen MR) is 106 cm³/mol. The highest BCUT2D eigenvalue weighted by Crippen LogP contribution is 2.26. The van der Waals surface area contributed by atoms with Gasteiger partial charge in [0.25, 0.3) is 5.91 Å². The third kappa shape index (κ3) is 5.53. The van der Waals surface area contributed by atoms with Crippen molar-refractivity contribution in [3.63, 3.8) is 0 Å². The fourth-order valence-corrected chi connectivity index (χ4v) is 4.01. The maximum absolute atomic E-state index is 12.5. The van der Waals surface area contributed by atoms with E-state index in [1.807, 2.05) is 12.1 Å². The van der Waals surface area contributed by atoms with Crippen LogP contribution in [0.1, 0.15) is 54.4 Å². The molecule has 6 nitrogen and oxygen atoms in total. The molecular formula is C20H28ClN3O3. The summed E-state index contributed by atoms with van der Waals surface area (Å²) in [5, 5.41) is 5.41. The average molecular weight is 394 g/mol. The summed E-state index contributed by atoms with van der Waals surface area (Å²) < 4.78 is 0. The van der Waals surface area contributed by atoms with Crippen LogP contribution >= 0.6 is 12.4 Å². The summed E-state index contributed by atoms with van der Waals surface area (Å²) in [6.07, 6.45) is 6.69. The summed E-state index contributed by atoms with van der Waals surface area (Å²) in [7, 11) is 0. The van der Waals surface area contributed by atoms with E-state index in [-0.39, 0.29) is 48.5 Å². The van der Waals surface area contributed by atoms with Gasteiger partial charge in [0.05, 0.1) is 5.92 Å². The third-order valence-corrected chi connectivity index (χ3v) is 5.55. The van der Waals surface area contributed by atoms with Gasteiger partial charge in [-0.2, -0.15) is 0 Å². The van der Waals surface area contributed by atoms with Crippen molar-refractivity contribution in [3.8, 4) is 0 Å². The number of halogens is 1. The molecule has 3 rings (SSSR count). The molecule has 0 bridgehead atoms. The fourth-order valence-electron chi connectivity index (χ4n) is 4.01. The molecule has 148 valence electrons. The van der Waals surface area contributed by atoms with Gasteiger partial charge in [0.1, 0.15) is 0 Å². The molecule has 1 heterocycles. The molecule has 3 amide bonds. The summed E-state index contributed by atoms with van der Waals surface area (Å²) >= 11 is 0. The number of nitrogens with one attached hydrogen (secondary N) is 2. The average Bonchev–Trinajstić information content (AvgIpc) is 2.97. The second-order valence-electron chi connectivity index (χ2n) is 7.43. The minimum absolute atomic E-state index is 0. The molecule has 0 spiro atoms. The molecule has 1 aromatic carbocycles. The van der Waals surface area contributed by atoms with Crippen LogP contribution in [0.3, 0.4) is 0 Å². The van der Waals surface area contributed by atoms with Crippen molar-refractivity contribution in [2.45, 2.75) is 51.0 Å². The quantitative estimate of drug-likeness (QED) is 0.643. The van der Waals surface area contributed by atoms with Gasteiger partial charge in [-0.15, -0.1) is 12.4 Å². The van der Waals surface area contributed by atoms with Gasteiger partial charge in [-0.3, -0.25) is 19.7 Å². The van der Waals surface area contributed by atoms with Crippen LogP contribution in [0.25, 0.3) is 0 Å². The number of rotatable bonds is 6. The molecule has 2 unspecified atom stereocenters. The van der Waals surface area contributed by atoms with E-state index in [0.717, 1.165) is 18.4 Å². The second kappa shape index (κ2) is 9.85. The Kier molecular flexibility index (Phi) is 7.80. The number of imide groups is 1. The summed E-state index contributed by atoms with van der Waals surface area (Å²) in [6, 6.07) is 7.27. The van der Waals surface area contributed by atoms with E-state index in [1.165, 1.54) is 19.3 Å². The van der Waals surface area contributed by atoms with E-state index in [2.05, 4.69) is 10.6 Å². The van der Waals surface area contributed by atoms with Gasteiger partial charge in [-0.25, -0.2) is 0 Å². The fraction of sp³-hybridized carbons (Fsp3) is 0.550. The molecule has 4 N–H and O–H groups in total. The zero-order valence-electron chi connectivity index (χ0n) is 15.4. The van der Waals surface area contributed by atoms with Crippen molar-refractivity contribution < 1.29 is 14.4 Å². The third-order valence-electron chi connectivity index (χ3n) is 5.55. The van der Waals surface area contributed by atoms with E-state index in [9.17, 15) is 14.4 Å². The summed E-state index contributed by atoms with van der Waals surface area (Å²) in [5.41, 5.74) is 7.43. The molecule has 0 aromatic heterocycles. The van der Waals surface area contributed by atoms with Crippen LogP contribution in [-0.2, 0) is 16.0 Å². The first-order valence-corrected chi connectivity index (χ1v) is 9.50. The molecule has 1 aromatic rings. The van der Waals surface area contributed by atoms with Crippen LogP contribution in [0.4, 0.5) is 0 Å². The summed E-state index contributed by atoms with van der Waals surface area (Å²) in [5.74, 6) is -0.376. The lowest BCUT2D eigenvalue weighted by atomic mass is 9.84. The van der Waals surface area contributed by atoms with Gasteiger partial charge < -0.3 is 11.1 Å². The molecule has 2 fully saturated rings. The van der Waals surface area contributed by atoms with Crippen molar-refractivity contribution in [1.82, 2.24) is 10.6 Å². The molecule has 1 aliphatic carbocycles. The number of nitrogens with two attached hydrogens (primary N) is 1. The van der Waals surface area contributed by atoms with Crippen LogP contribution in [-0.4, -0.2) is 30.3 Å². The van der Waals surface area contributed by atoms with Crippen molar-refractivity contribution in [1.29, 1.82) is 0 Å². The van der Waals surface area contributed by atoms with E-state index in [4.69, 9.17) is 5.73 Å². The Hall–Kier alpha value is -1.92. The van der Waals surface area contributed by atoms with Gasteiger partial charge in [-0.05, 0) is 42.9 Å². The zero-order chi connectivity index (χ0) is 18.5. The Morgan fingerprint density at radius 2 is 1.81 bits per heavy atom. The molecule has 1 aliphatic heterocycles. The largest absolute Gasteiger partial charge is 0.348 e. The van der Waals surface area contributed by atoms with Crippen molar-refractivity contribution in [2.24, 2.45) is 17.6 Å². The van der Waals surface area contributed by atoms with Crippen LogP contribution in [0, 0.1) is 11.8 Å². The SMILES string of the molecule is Cl.NCC(NC(=O)c1ccc(CC2CC(=O)NC2=O)cc1)C1CCCCC1. The van der Waals surface area contributed by atoms with Gasteiger partial charge in [-0.1, -0.05) is 31.4 Å². The van der Waals surface area contributed by atoms with E-state index >= 15 is 0 Å². The highest BCUT2D eigenvalue weighted by atomic mass is 35.5. The first-order valence-electron chi connectivity index (χ1n) is 9.50. The first kappa shape index (κ1) is 21.4. The maximum atomic E-state index is 12.5. The molecule has 1 saturated heterocycles. The molecule has 7 heteroatoms. The molecule has 0 radical (unpaired) electrons. The Bertz CT molecular complexity index is 672. The van der Waals surface area contributed by atoms with Crippen LogP contribution < -0.4 is 16.4 Å². The minimum atomic E-state index is -0.310. The van der Waals surface area contributed by atoms with Gasteiger partial charge in [0.2, 0.25) is 11.8 Å². The highest BCUT2D eigenvalue weighted by molar-refractivity contribution is 6.03. The standard InChI is InChI=1S/C20H27N3O3.ClH/c21-12-17(14-4-2-1-3-5-14)22-19(25)15-8-6-13(7-9-15)10-16-11-18(24)23-20(16)26;/h6-9,14,16-17H,1-5,10-12,21H2,(H,22,25)(H,23,24,26);1H. The van der Waals surface area contributed by atoms with E-state index in [1.54, 1.807) is 12.1 Å². The normalized spacial score (nSPS) is 21.3. The predicted octanol–water partition coefficient (Wildman–Crippen LogP) is 1.95. The van der Waals surface area contributed by atoms with Crippen molar-refractivity contribution >= 4 is 30.1 Å². The summed E-state index contributed by atoms with van der Waals surface area (Å²) in [4.78, 5) is 35.5. The van der Waals surface area contributed by atoms with Crippen LogP contribution in [0.15, 0.2) is 24.3 Å². The van der Waals surface area contributed by atoms with E-state index in [0.29, 0.717) is 24.4 Å². The first-order chi connectivity index (χ1) is 12.6. The molecular weight excluding hydrogens is 366 g/mol. The van der Waals surface area contributed by atoms with Crippen molar-refractivity contribution in [3.05, 3.63) is 35.4 Å². The second-order valence-corrected chi connectivity index (χ2v) is 7.43. The number of carbonyl (C=O) groups is 3. The summed E-state index contributed by atoms with van der Waals surface area (Å²) in [6.45, 7) is 0.458. The van der Waals surface area contributed by atoms with Crippen LogP contribution in [0.2, 0.25) is 0 Å².